The Morgan fingerprint density at radius 2 is 1.80 bits per heavy atom. The maximum absolute atomic E-state index is 5.97. The van der Waals surface area contributed by atoms with Crippen LogP contribution in [0.2, 0.25) is 0 Å². The largest absolute Gasteiger partial charge is 0.324 e. The first-order valence-corrected chi connectivity index (χ1v) is 6.99. The standard InChI is InChI=1S/C15H21N5/c1-4-12-13(5-2)19-20-15(17-12)18-14-9-7-6-8-11(14)10(3)16/h6-10H,4-5,16H2,1-3H3,(H,17,18,20). The lowest BCUT2D eigenvalue weighted by atomic mass is 10.1. The third kappa shape index (κ3) is 3.11. The van der Waals surface area contributed by atoms with Gasteiger partial charge < -0.3 is 11.1 Å². The Kier molecular flexibility index (Phi) is 4.63. The van der Waals surface area contributed by atoms with E-state index in [1.807, 2.05) is 31.2 Å². The summed E-state index contributed by atoms with van der Waals surface area (Å²) in [6.45, 7) is 6.09. The Morgan fingerprint density at radius 1 is 1.10 bits per heavy atom. The van der Waals surface area contributed by atoms with Gasteiger partial charge in [-0.2, -0.15) is 0 Å². The van der Waals surface area contributed by atoms with Gasteiger partial charge in [0.25, 0.3) is 0 Å². The Hall–Kier alpha value is -2.01. The molecule has 20 heavy (non-hydrogen) atoms. The van der Waals surface area contributed by atoms with Crippen LogP contribution in [0.1, 0.15) is 43.8 Å². The third-order valence-electron chi connectivity index (χ3n) is 3.21. The van der Waals surface area contributed by atoms with Gasteiger partial charge in [0.05, 0.1) is 11.4 Å². The molecule has 2 aromatic rings. The van der Waals surface area contributed by atoms with Crippen molar-refractivity contribution in [2.45, 2.75) is 39.7 Å². The van der Waals surface area contributed by atoms with Gasteiger partial charge in [0.2, 0.25) is 5.95 Å². The van der Waals surface area contributed by atoms with E-state index in [1.54, 1.807) is 0 Å². The van der Waals surface area contributed by atoms with E-state index in [4.69, 9.17) is 5.73 Å². The number of nitrogens with zero attached hydrogens (tertiary/aromatic N) is 3. The molecule has 0 fully saturated rings. The van der Waals surface area contributed by atoms with E-state index in [0.29, 0.717) is 5.95 Å². The molecule has 0 bridgehead atoms. The highest BCUT2D eigenvalue weighted by Gasteiger charge is 2.10. The van der Waals surface area contributed by atoms with E-state index >= 15 is 0 Å². The van der Waals surface area contributed by atoms with Crippen LogP contribution >= 0.6 is 0 Å². The number of rotatable bonds is 5. The number of para-hydroxylation sites is 1. The quantitative estimate of drug-likeness (QED) is 0.874. The van der Waals surface area contributed by atoms with Gasteiger partial charge in [0, 0.05) is 11.7 Å². The van der Waals surface area contributed by atoms with Gasteiger partial charge in [-0.05, 0) is 31.4 Å². The molecule has 3 N–H and O–H groups in total. The Morgan fingerprint density at radius 3 is 2.45 bits per heavy atom. The van der Waals surface area contributed by atoms with Crippen LogP contribution in [0, 0.1) is 0 Å². The summed E-state index contributed by atoms with van der Waals surface area (Å²) >= 11 is 0. The molecule has 0 saturated carbocycles. The molecule has 0 saturated heterocycles. The zero-order chi connectivity index (χ0) is 14.5. The van der Waals surface area contributed by atoms with Crippen molar-refractivity contribution in [2.24, 2.45) is 5.73 Å². The van der Waals surface area contributed by atoms with Gasteiger partial charge in [0.1, 0.15) is 0 Å². The molecule has 5 nitrogen and oxygen atoms in total. The highest BCUT2D eigenvalue weighted by atomic mass is 15.2. The van der Waals surface area contributed by atoms with Crippen molar-refractivity contribution < 1.29 is 0 Å². The SMILES string of the molecule is CCc1nnc(Nc2ccccc2C(C)N)nc1CC. The second-order valence-electron chi connectivity index (χ2n) is 4.74. The lowest BCUT2D eigenvalue weighted by Crippen LogP contribution is -2.10. The highest BCUT2D eigenvalue weighted by molar-refractivity contribution is 5.59. The summed E-state index contributed by atoms with van der Waals surface area (Å²) in [5.74, 6) is 0.521. The molecule has 106 valence electrons. The fraction of sp³-hybridized carbons (Fsp3) is 0.400. The fourth-order valence-electron chi connectivity index (χ4n) is 2.12. The number of benzene rings is 1. The van der Waals surface area contributed by atoms with Crippen molar-refractivity contribution in [2.75, 3.05) is 5.32 Å². The van der Waals surface area contributed by atoms with E-state index in [0.717, 1.165) is 35.5 Å². The van der Waals surface area contributed by atoms with E-state index in [1.165, 1.54) is 0 Å². The monoisotopic (exact) mass is 271 g/mol. The molecule has 1 unspecified atom stereocenters. The number of aromatic nitrogens is 3. The number of nitrogens with two attached hydrogens (primary N) is 1. The van der Waals surface area contributed by atoms with E-state index in [-0.39, 0.29) is 6.04 Å². The van der Waals surface area contributed by atoms with Crippen LogP contribution in [0.25, 0.3) is 0 Å². The molecular formula is C15H21N5. The molecule has 5 heteroatoms. The summed E-state index contributed by atoms with van der Waals surface area (Å²) in [4.78, 5) is 4.53. The van der Waals surface area contributed by atoms with Crippen LogP contribution < -0.4 is 11.1 Å². The Bertz CT molecular complexity index is 580. The van der Waals surface area contributed by atoms with Gasteiger partial charge in [0.15, 0.2) is 0 Å². The first kappa shape index (κ1) is 14.4. The molecule has 0 radical (unpaired) electrons. The van der Waals surface area contributed by atoms with Gasteiger partial charge in [-0.15, -0.1) is 10.2 Å². The second-order valence-corrected chi connectivity index (χ2v) is 4.74. The Balaban J connectivity index is 2.31. The zero-order valence-corrected chi connectivity index (χ0v) is 12.2. The van der Waals surface area contributed by atoms with Crippen LogP contribution in [0.5, 0.6) is 0 Å². The van der Waals surface area contributed by atoms with E-state index < -0.39 is 0 Å². The Labute approximate surface area is 119 Å². The lowest BCUT2D eigenvalue weighted by molar-refractivity contribution is 0.814. The maximum Gasteiger partial charge on any atom is 0.247 e. The van der Waals surface area contributed by atoms with Gasteiger partial charge in [-0.25, -0.2) is 4.98 Å². The highest BCUT2D eigenvalue weighted by Crippen LogP contribution is 2.23. The van der Waals surface area contributed by atoms with Crippen molar-refractivity contribution in [1.82, 2.24) is 15.2 Å². The predicted molar refractivity (Wildman–Crippen MR) is 80.9 cm³/mol. The second kappa shape index (κ2) is 6.43. The van der Waals surface area contributed by atoms with Crippen molar-refractivity contribution in [3.63, 3.8) is 0 Å². The van der Waals surface area contributed by atoms with E-state index in [2.05, 4.69) is 34.3 Å². The summed E-state index contributed by atoms with van der Waals surface area (Å²) in [5.41, 5.74) is 9.88. The van der Waals surface area contributed by atoms with Gasteiger partial charge in [-0.3, -0.25) is 0 Å². The molecule has 0 spiro atoms. The first-order valence-electron chi connectivity index (χ1n) is 6.99. The van der Waals surface area contributed by atoms with Crippen molar-refractivity contribution >= 4 is 11.6 Å². The van der Waals surface area contributed by atoms with Gasteiger partial charge >= 0.3 is 0 Å². The van der Waals surface area contributed by atoms with Crippen LogP contribution in [-0.2, 0) is 12.8 Å². The molecule has 0 aliphatic carbocycles. The normalized spacial score (nSPS) is 12.2. The number of aryl methyl sites for hydroxylation is 2. The van der Waals surface area contributed by atoms with Crippen molar-refractivity contribution in [1.29, 1.82) is 0 Å². The minimum absolute atomic E-state index is 0.0489. The minimum atomic E-state index is -0.0489. The number of hydrogen-bond donors (Lipinski definition) is 2. The summed E-state index contributed by atoms with van der Waals surface area (Å²) in [6.07, 6.45) is 1.70. The molecule has 1 aromatic heterocycles. The van der Waals surface area contributed by atoms with Gasteiger partial charge in [-0.1, -0.05) is 32.0 Å². The third-order valence-corrected chi connectivity index (χ3v) is 3.21. The van der Waals surface area contributed by atoms with E-state index in [9.17, 15) is 0 Å². The summed E-state index contributed by atoms with van der Waals surface area (Å²) in [7, 11) is 0. The topological polar surface area (TPSA) is 76.7 Å². The molecule has 0 amide bonds. The fourth-order valence-corrected chi connectivity index (χ4v) is 2.12. The molecule has 0 aliphatic rings. The minimum Gasteiger partial charge on any atom is -0.324 e. The van der Waals surface area contributed by atoms with Crippen molar-refractivity contribution in [3.05, 3.63) is 41.2 Å². The van der Waals surface area contributed by atoms with Crippen molar-refractivity contribution in [3.8, 4) is 0 Å². The number of hydrogen-bond acceptors (Lipinski definition) is 5. The summed E-state index contributed by atoms with van der Waals surface area (Å²) in [5, 5.41) is 11.6. The summed E-state index contributed by atoms with van der Waals surface area (Å²) in [6, 6.07) is 7.86. The van der Waals surface area contributed by atoms with Crippen LogP contribution in [0.3, 0.4) is 0 Å². The van der Waals surface area contributed by atoms with Crippen LogP contribution in [-0.4, -0.2) is 15.2 Å². The molecule has 2 rings (SSSR count). The lowest BCUT2D eigenvalue weighted by Gasteiger charge is -2.14. The molecular weight excluding hydrogens is 250 g/mol. The average Bonchev–Trinajstić information content (AvgIpc) is 2.47. The molecule has 1 atom stereocenters. The smallest absolute Gasteiger partial charge is 0.247 e. The van der Waals surface area contributed by atoms with Crippen LogP contribution in [0.4, 0.5) is 11.6 Å². The zero-order valence-electron chi connectivity index (χ0n) is 12.2. The first-order chi connectivity index (χ1) is 9.65. The average molecular weight is 271 g/mol. The molecule has 0 aliphatic heterocycles. The van der Waals surface area contributed by atoms with Crippen LogP contribution in [0.15, 0.2) is 24.3 Å². The molecule has 1 heterocycles. The maximum atomic E-state index is 5.97. The molecule has 1 aromatic carbocycles. The number of nitrogens with one attached hydrogen (secondary N) is 1. The summed E-state index contributed by atoms with van der Waals surface area (Å²) < 4.78 is 0. The number of anilines is 2. The predicted octanol–water partition coefficient (Wildman–Crippen LogP) is 2.76.